The molecule has 0 unspecified atom stereocenters. The number of aryl methyl sites for hydroxylation is 1. The van der Waals surface area contributed by atoms with Gasteiger partial charge < -0.3 is 0 Å². The third-order valence-corrected chi connectivity index (χ3v) is 2.37. The summed E-state index contributed by atoms with van der Waals surface area (Å²) in [5.41, 5.74) is 2.19. The molecule has 3 heteroatoms. The predicted molar refractivity (Wildman–Crippen MR) is 52.0 cm³/mol. The number of fused-ring (bicyclic) bond motifs is 1. The normalized spacial score (nSPS) is 10.5. The highest BCUT2D eigenvalue weighted by Gasteiger charge is 1.98. The summed E-state index contributed by atoms with van der Waals surface area (Å²) >= 11 is 3.38. The van der Waals surface area contributed by atoms with E-state index in [1.807, 2.05) is 12.1 Å². The third-order valence-electron chi connectivity index (χ3n) is 1.74. The summed E-state index contributed by atoms with van der Waals surface area (Å²) in [6.45, 7) is 2.05. The zero-order chi connectivity index (χ0) is 8.55. The summed E-state index contributed by atoms with van der Waals surface area (Å²) in [5, 5.41) is 1.07. The molecule has 0 N–H and O–H groups in total. The molecule has 60 valence electrons. The van der Waals surface area contributed by atoms with Crippen LogP contribution in [-0.4, -0.2) is 9.97 Å². The van der Waals surface area contributed by atoms with Gasteiger partial charge in [-0.1, -0.05) is 11.6 Å². The summed E-state index contributed by atoms with van der Waals surface area (Å²) in [5.74, 6) is 0. The van der Waals surface area contributed by atoms with Crippen molar-refractivity contribution in [1.82, 2.24) is 9.97 Å². The van der Waals surface area contributed by atoms with E-state index >= 15 is 0 Å². The maximum absolute atomic E-state index is 4.14. The first-order valence-corrected chi connectivity index (χ1v) is 4.43. The Balaban J connectivity index is 2.88. The summed E-state index contributed by atoms with van der Waals surface area (Å²) in [4.78, 5) is 8.20. The van der Waals surface area contributed by atoms with E-state index in [0.29, 0.717) is 0 Å². The van der Waals surface area contributed by atoms with Crippen molar-refractivity contribution in [3.63, 3.8) is 0 Å². The van der Waals surface area contributed by atoms with Crippen molar-refractivity contribution in [2.24, 2.45) is 0 Å². The lowest BCUT2D eigenvalue weighted by molar-refractivity contribution is 1.19. The van der Waals surface area contributed by atoms with E-state index in [4.69, 9.17) is 0 Å². The lowest BCUT2D eigenvalue weighted by atomic mass is 10.2. The second-order valence-electron chi connectivity index (χ2n) is 2.69. The number of benzene rings is 1. The van der Waals surface area contributed by atoms with Crippen LogP contribution < -0.4 is 0 Å². The molecular weight excluding hydrogens is 216 g/mol. The number of nitrogens with zero attached hydrogens (tertiary/aromatic N) is 2. The fourth-order valence-electron chi connectivity index (χ4n) is 1.14. The van der Waals surface area contributed by atoms with Crippen molar-refractivity contribution in [3.05, 3.63) is 34.7 Å². The average Bonchev–Trinajstić information content (AvgIpc) is 2.07. The van der Waals surface area contributed by atoms with Crippen LogP contribution in [0.4, 0.5) is 0 Å². The van der Waals surface area contributed by atoms with Crippen LogP contribution in [0.5, 0.6) is 0 Å². The highest BCUT2D eigenvalue weighted by atomic mass is 79.9. The molecule has 1 heterocycles. The Labute approximate surface area is 78.8 Å². The minimum Gasteiger partial charge on any atom is -0.236 e. The first-order valence-electron chi connectivity index (χ1n) is 3.64. The smallest absolute Gasteiger partial charge is 0.117 e. The van der Waals surface area contributed by atoms with E-state index < -0.39 is 0 Å². The topological polar surface area (TPSA) is 25.8 Å². The average molecular weight is 223 g/mol. The molecule has 2 aromatic rings. The number of hydrogen-bond donors (Lipinski definition) is 0. The Kier molecular flexibility index (Phi) is 1.81. The van der Waals surface area contributed by atoms with Crippen LogP contribution in [0.15, 0.2) is 29.1 Å². The molecule has 0 aliphatic rings. The summed E-state index contributed by atoms with van der Waals surface area (Å²) in [7, 11) is 0. The van der Waals surface area contributed by atoms with Gasteiger partial charge >= 0.3 is 0 Å². The van der Waals surface area contributed by atoms with Gasteiger partial charge in [-0.3, -0.25) is 0 Å². The summed E-state index contributed by atoms with van der Waals surface area (Å²) < 4.78 is 0.858. The number of halogens is 1. The molecule has 0 aliphatic carbocycles. The van der Waals surface area contributed by atoms with E-state index in [1.54, 1.807) is 6.33 Å². The van der Waals surface area contributed by atoms with Crippen LogP contribution in [-0.2, 0) is 0 Å². The predicted octanol–water partition coefficient (Wildman–Crippen LogP) is 2.70. The number of rotatable bonds is 0. The van der Waals surface area contributed by atoms with E-state index in [0.717, 1.165) is 15.5 Å². The van der Waals surface area contributed by atoms with Gasteiger partial charge in [0.1, 0.15) is 10.9 Å². The largest absolute Gasteiger partial charge is 0.236 e. The molecule has 0 saturated heterocycles. The summed E-state index contributed by atoms with van der Waals surface area (Å²) in [6, 6.07) is 6.11. The van der Waals surface area contributed by atoms with Crippen LogP contribution in [0.25, 0.3) is 10.9 Å². The Hall–Kier alpha value is -0.960. The van der Waals surface area contributed by atoms with Crippen molar-refractivity contribution < 1.29 is 0 Å². The van der Waals surface area contributed by atoms with Gasteiger partial charge in [-0.15, -0.1) is 0 Å². The molecule has 0 bridgehead atoms. The zero-order valence-corrected chi connectivity index (χ0v) is 8.17. The van der Waals surface area contributed by atoms with Crippen molar-refractivity contribution in [1.29, 1.82) is 0 Å². The van der Waals surface area contributed by atoms with Crippen LogP contribution in [0.2, 0.25) is 0 Å². The quantitative estimate of drug-likeness (QED) is 0.641. The molecule has 2 rings (SSSR count). The monoisotopic (exact) mass is 222 g/mol. The molecule has 0 amide bonds. The zero-order valence-electron chi connectivity index (χ0n) is 6.58. The Morgan fingerprint density at radius 1 is 1.25 bits per heavy atom. The van der Waals surface area contributed by atoms with Gasteiger partial charge in [-0.2, -0.15) is 0 Å². The van der Waals surface area contributed by atoms with E-state index in [-0.39, 0.29) is 0 Å². The van der Waals surface area contributed by atoms with Gasteiger partial charge in [0.25, 0.3) is 0 Å². The van der Waals surface area contributed by atoms with E-state index in [9.17, 15) is 0 Å². The number of hydrogen-bond acceptors (Lipinski definition) is 2. The highest BCUT2D eigenvalue weighted by Crippen LogP contribution is 2.20. The Bertz CT molecular complexity index is 426. The SMILES string of the molecule is Cc1ccc2ncnc(Br)c2c1. The van der Waals surface area contributed by atoms with Crippen molar-refractivity contribution >= 4 is 26.8 Å². The van der Waals surface area contributed by atoms with Gasteiger partial charge in [-0.25, -0.2) is 9.97 Å². The minimum atomic E-state index is 0.858. The molecule has 0 saturated carbocycles. The first-order chi connectivity index (χ1) is 5.77. The van der Waals surface area contributed by atoms with Gasteiger partial charge in [-0.05, 0) is 35.0 Å². The molecule has 2 nitrogen and oxygen atoms in total. The molecule has 1 aromatic carbocycles. The first kappa shape index (κ1) is 7.68. The molecule has 0 fully saturated rings. The molecule has 1 aromatic heterocycles. The Morgan fingerprint density at radius 2 is 2.08 bits per heavy atom. The fourth-order valence-corrected chi connectivity index (χ4v) is 1.55. The third kappa shape index (κ3) is 1.20. The lowest BCUT2D eigenvalue weighted by Crippen LogP contribution is -1.84. The van der Waals surface area contributed by atoms with Crippen molar-refractivity contribution in [2.45, 2.75) is 6.92 Å². The molecule has 12 heavy (non-hydrogen) atoms. The van der Waals surface area contributed by atoms with Crippen LogP contribution in [0.3, 0.4) is 0 Å². The molecule has 0 atom stereocenters. The maximum atomic E-state index is 4.14. The maximum Gasteiger partial charge on any atom is 0.117 e. The number of aromatic nitrogens is 2. The molecule has 0 radical (unpaired) electrons. The van der Waals surface area contributed by atoms with Crippen LogP contribution >= 0.6 is 15.9 Å². The van der Waals surface area contributed by atoms with Crippen molar-refractivity contribution in [2.75, 3.05) is 0 Å². The minimum absolute atomic E-state index is 0.858. The standard InChI is InChI=1S/C9H7BrN2/c1-6-2-3-8-7(4-6)9(10)12-5-11-8/h2-5H,1H3. The van der Waals surface area contributed by atoms with Gasteiger partial charge in [0.05, 0.1) is 5.52 Å². The molecular formula is C9H7BrN2. The van der Waals surface area contributed by atoms with Gasteiger partial charge in [0.15, 0.2) is 0 Å². The highest BCUT2D eigenvalue weighted by molar-refractivity contribution is 9.10. The second-order valence-corrected chi connectivity index (χ2v) is 3.44. The van der Waals surface area contributed by atoms with Gasteiger partial charge in [0, 0.05) is 5.39 Å². The van der Waals surface area contributed by atoms with Gasteiger partial charge in [0.2, 0.25) is 0 Å². The lowest BCUT2D eigenvalue weighted by Gasteiger charge is -1.98. The second kappa shape index (κ2) is 2.83. The summed E-state index contributed by atoms with van der Waals surface area (Å²) in [6.07, 6.45) is 1.56. The van der Waals surface area contributed by atoms with Crippen LogP contribution in [0, 0.1) is 6.92 Å². The van der Waals surface area contributed by atoms with E-state index in [1.165, 1.54) is 5.56 Å². The fraction of sp³-hybridized carbons (Fsp3) is 0.111. The van der Waals surface area contributed by atoms with Crippen LogP contribution in [0.1, 0.15) is 5.56 Å². The van der Waals surface area contributed by atoms with E-state index in [2.05, 4.69) is 38.9 Å². The Morgan fingerprint density at radius 3 is 2.92 bits per heavy atom. The molecule has 0 aliphatic heterocycles. The molecule has 0 spiro atoms. The van der Waals surface area contributed by atoms with Crippen molar-refractivity contribution in [3.8, 4) is 0 Å².